The van der Waals surface area contributed by atoms with Gasteiger partial charge in [0.15, 0.2) is 0 Å². The van der Waals surface area contributed by atoms with Crippen molar-refractivity contribution in [1.82, 2.24) is 15.2 Å². The van der Waals surface area contributed by atoms with Gasteiger partial charge in [-0.15, -0.1) is 0 Å². The van der Waals surface area contributed by atoms with Crippen LogP contribution in [0.15, 0.2) is 18.3 Å². The predicted octanol–water partition coefficient (Wildman–Crippen LogP) is -0.764. The maximum absolute atomic E-state index is 12.0. The zero-order chi connectivity index (χ0) is 11.5. The van der Waals surface area contributed by atoms with Crippen molar-refractivity contribution < 1.29 is 9.59 Å². The summed E-state index contributed by atoms with van der Waals surface area (Å²) in [4.78, 5) is 28.4. The summed E-state index contributed by atoms with van der Waals surface area (Å²) >= 11 is 0. The quantitative estimate of drug-likeness (QED) is 0.651. The first-order chi connectivity index (χ1) is 7.68. The normalized spacial score (nSPS) is 15.8. The Morgan fingerprint density at radius 1 is 1.56 bits per heavy atom. The molecule has 1 aliphatic heterocycles. The maximum atomic E-state index is 12.0. The number of aromatic nitrogens is 1. The fourth-order valence-corrected chi connectivity index (χ4v) is 1.58. The van der Waals surface area contributed by atoms with E-state index >= 15 is 0 Å². The summed E-state index contributed by atoms with van der Waals surface area (Å²) in [6, 6.07) is 3.25. The molecule has 16 heavy (non-hydrogen) atoms. The summed E-state index contributed by atoms with van der Waals surface area (Å²) in [7, 11) is 0. The summed E-state index contributed by atoms with van der Waals surface area (Å²) in [5, 5.41) is 2.65. The van der Waals surface area contributed by atoms with E-state index in [4.69, 9.17) is 5.73 Å². The third-order valence-electron chi connectivity index (χ3n) is 2.39. The number of amides is 2. The lowest BCUT2D eigenvalue weighted by Gasteiger charge is -2.26. The van der Waals surface area contributed by atoms with Gasteiger partial charge >= 0.3 is 0 Å². The van der Waals surface area contributed by atoms with Gasteiger partial charge in [0.25, 0.3) is 5.91 Å². The molecule has 1 saturated heterocycles. The summed E-state index contributed by atoms with van der Waals surface area (Å²) in [5.74, 6) is -0.207. The average Bonchev–Trinajstić information content (AvgIpc) is 2.29. The molecule has 0 atom stereocenters. The fraction of sp³-hybridized carbons (Fsp3) is 0.300. The van der Waals surface area contributed by atoms with Crippen LogP contribution in [0, 0.1) is 0 Å². The first kappa shape index (κ1) is 10.4. The topological polar surface area (TPSA) is 88.3 Å². The summed E-state index contributed by atoms with van der Waals surface area (Å²) in [6.45, 7) is 1.05. The van der Waals surface area contributed by atoms with E-state index in [1.165, 1.54) is 11.1 Å². The molecule has 3 N–H and O–H groups in total. The number of hydrogen-bond acceptors (Lipinski definition) is 4. The molecule has 0 saturated carbocycles. The van der Waals surface area contributed by atoms with E-state index in [2.05, 4.69) is 10.3 Å². The molecule has 1 fully saturated rings. The van der Waals surface area contributed by atoms with E-state index in [-0.39, 0.29) is 24.2 Å². The summed E-state index contributed by atoms with van der Waals surface area (Å²) in [5.41, 5.74) is 5.95. The Balaban J connectivity index is 2.19. The lowest BCUT2D eigenvalue weighted by atomic mass is 10.2. The first-order valence-corrected chi connectivity index (χ1v) is 4.95. The molecule has 2 amide bonds. The Bertz CT molecular complexity index is 433. The molecule has 2 heterocycles. The second kappa shape index (κ2) is 4.18. The van der Waals surface area contributed by atoms with Crippen LogP contribution in [-0.2, 0) is 4.79 Å². The van der Waals surface area contributed by atoms with Crippen LogP contribution < -0.4 is 11.1 Å². The van der Waals surface area contributed by atoms with Crippen LogP contribution in [0.4, 0.5) is 5.82 Å². The Morgan fingerprint density at radius 2 is 2.38 bits per heavy atom. The maximum Gasteiger partial charge on any atom is 0.258 e. The van der Waals surface area contributed by atoms with Gasteiger partial charge in [0.2, 0.25) is 5.91 Å². The van der Waals surface area contributed by atoms with Crippen molar-refractivity contribution in [3.63, 3.8) is 0 Å². The Morgan fingerprint density at radius 3 is 3.06 bits per heavy atom. The van der Waals surface area contributed by atoms with Gasteiger partial charge in [-0.05, 0) is 12.1 Å². The SMILES string of the molecule is Nc1ncccc1C(=O)N1CCNC(=O)C1. The minimum atomic E-state index is -0.250. The number of nitrogens with one attached hydrogen (secondary N) is 1. The smallest absolute Gasteiger partial charge is 0.258 e. The molecule has 6 nitrogen and oxygen atoms in total. The van der Waals surface area contributed by atoms with Crippen molar-refractivity contribution in [2.24, 2.45) is 0 Å². The fourth-order valence-electron chi connectivity index (χ4n) is 1.58. The van der Waals surface area contributed by atoms with Crippen LogP contribution in [-0.4, -0.2) is 41.3 Å². The molecule has 1 aromatic rings. The van der Waals surface area contributed by atoms with Crippen molar-refractivity contribution in [1.29, 1.82) is 0 Å². The minimum Gasteiger partial charge on any atom is -0.383 e. The van der Waals surface area contributed by atoms with Gasteiger partial charge in [-0.2, -0.15) is 0 Å². The number of rotatable bonds is 1. The van der Waals surface area contributed by atoms with Crippen molar-refractivity contribution in [2.75, 3.05) is 25.4 Å². The number of hydrogen-bond donors (Lipinski definition) is 2. The van der Waals surface area contributed by atoms with E-state index in [0.29, 0.717) is 18.7 Å². The third-order valence-corrected chi connectivity index (χ3v) is 2.39. The van der Waals surface area contributed by atoms with Crippen LogP contribution in [0.5, 0.6) is 0 Å². The van der Waals surface area contributed by atoms with Gasteiger partial charge in [-0.25, -0.2) is 4.98 Å². The monoisotopic (exact) mass is 220 g/mol. The van der Waals surface area contributed by atoms with Crippen molar-refractivity contribution in [3.05, 3.63) is 23.9 Å². The molecule has 1 aromatic heterocycles. The van der Waals surface area contributed by atoms with Crippen LogP contribution in [0.1, 0.15) is 10.4 Å². The molecule has 84 valence electrons. The second-order valence-electron chi connectivity index (χ2n) is 3.51. The second-order valence-corrected chi connectivity index (χ2v) is 3.51. The van der Waals surface area contributed by atoms with E-state index < -0.39 is 0 Å². The van der Waals surface area contributed by atoms with Gasteiger partial charge in [0.05, 0.1) is 12.1 Å². The number of nitrogen functional groups attached to an aromatic ring is 1. The highest BCUT2D eigenvalue weighted by molar-refractivity contribution is 6.00. The highest BCUT2D eigenvalue weighted by Crippen LogP contribution is 2.11. The molecule has 0 unspecified atom stereocenters. The van der Waals surface area contributed by atoms with E-state index in [1.807, 2.05) is 0 Å². The predicted molar refractivity (Wildman–Crippen MR) is 57.6 cm³/mol. The average molecular weight is 220 g/mol. The van der Waals surface area contributed by atoms with Crippen LogP contribution >= 0.6 is 0 Å². The molecule has 1 aliphatic rings. The number of carbonyl (C=O) groups is 2. The first-order valence-electron chi connectivity index (χ1n) is 4.95. The van der Waals surface area contributed by atoms with Gasteiger partial charge < -0.3 is 16.0 Å². The standard InChI is InChI=1S/C10H12N4O2/c11-9-7(2-1-3-13-9)10(16)14-5-4-12-8(15)6-14/h1-3H,4-6H2,(H2,11,13)(H,12,15). The van der Waals surface area contributed by atoms with E-state index in [1.54, 1.807) is 12.1 Å². The number of anilines is 1. The number of piperazine rings is 1. The molecule has 2 rings (SSSR count). The molecule has 0 radical (unpaired) electrons. The largest absolute Gasteiger partial charge is 0.383 e. The van der Waals surface area contributed by atoms with Gasteiger partial charge in [0, 0.05) is 19.3 Å². The highest BCUT2D eigenvalue weighted by atomic mass is 16.2. The summed E-state index contributed by atoms with van der Waals surface area (Å²) < 4.78 is 0. The number of nitrogens with two attached hydrogens (primary N) is 1. The molecule has 0 aliphatic carbocycles. The molecular weight excluding hydrogens is 208 g/mol. The zero-order valence-corrected chi connectivity index (χ0v) is 8.64. The summed E-state index contributed by atoms with van der Waals surface area (Å²) in [6.07, 6.45) is 1.52. The highest BCUT2D eigenvalue weighted by Gasteiger charge is 2.23. The van der Waals surface area contributed by atoms with Crippen LogP contribution in [0.2, 0.25) is 0 Å². The van der Waals surface area contributed by atoms with Crippen molar-refractivity contribution in [3.8, 4) is 0 Å². The number of pyridine rings is 1. The molecule has 0 spiro atoms. The van der Waals surface area contributed by atoms with E-state index in [0.717, 1.165) is 0 Å². The van der Waals surface area contributed by atoms with Gasteiger partial charge in [-0.1, -0.05) is 0 Å². The lowest BCUT2D eigenvalue weighted by Crippen LogP contribution is -2.50. The third kappa shape index (κ3) is 1.95. The van der Waals surface area contributed by atoms with Gasteiger partial charge in [-0.3, -0.25) is 9.59 Å². The van der Waals surface area contributed by atoms with Crippen molar-refractivity contribution >= 4 is 17.6 Å². The Hall–Kier alpha value is -2.11. The van der Waals surface area contributed by atoms with Gasteiger partial charge in [0.1, 0.15) is 5.82 Å². The minimum absolute atomic E-state index is 0.0766. The number of nitrogens with zero attached hydrogens (tertiary/aromatic N) is 2. The van der Waals surface area contributed by atoms with Crippen LogP contribution in [0.3, 0.4) is 0 Å². The van der Waals surface area contributed by atoms with Crippen LogP contribution in [0.25, 0.3) is 0 Å². The van der Waals surface area contributed by atoms with E-state index in [9.17, 15) is 9.59 Å². The Kier molecular flexibility index (Phi) is 2.72. The molecule has 0 bridgehead atoms. The Labute approximate surface area is 92.4 Å². The lowest BCUT2D eigenvalue weighted by molar-refractivity contribution is -0.123. The molecular formula is C10H12N4O2. The zero-order valence-electron chi connectivity index (χ0n) is 8.64. The molecule has 6 heteroatoms. The van der Waals surface area contributed by atoms with Crippen molar-refractivity contribution in [2.45, 2.75) is 0 Å². The number of carbonyl (C=O) groups excluding carboxylic acids is 2. The molecule has 0 aromatic carbocycles.